The van der Waals surface area contributed by atoms with Crippen molar-refractivity contribution >= 4 is 10.8 Å². The third-order valence-electron chi connectivity index (χ3n) is 4.97. The molecule has 1 aliphatic rings. The zero-order chi connectivity index (χ0) is 16.6. The van der Waals surface area contributed by atoms with Gasteiger partial charge in [0.2, 0.25) is 0 Å². The smallest absolute Gasteiger partial charge is 0.148 e. The number of fused-ring (bicyclic) bond motifs is 1. The highest BCUT2D eigenvalue weighted by Crippen LogP contribution is 2.33. The van der Waals surface area contributed by atoms with E-state index < -0.39 is 5.54 Å². The summed E-state index contributed by atoms with van der Waals surface area (Å²) in [6.07, 6.45) is 5.50. The maximum absolute atomic E-state index is 6.60. The van der Waals surface area contributed by atoms with Crippen LogP contribution in [0.3, 0.4) is 0 Å². The molecular formula is C20H22N4. The van der Waals surface area contributed by atoms with E-state index in [2.05, 4.69) is 47.4 Å². The number of nitrogens with two attached hydrogens (primary N) is 2. The fourth-order valence-electron chi connectivity index (χ4n) is 3.66. The normalized spacial score (nSPS) is 24.2. The summed E-state index contributed by atoms with van der Waals surface area (Å²) in [7, 11) is 0. The molecule has 4 heteroatoms. The van der Waals surface area contributed by atoms with Gasteiger partial charge in [-0.25, -0.2) is 9.97 Å². The summed E-state index contributed by atoms with van der Waals surface area (Å²) in [6.45, 7) is 0. The van der Waals surface area contributed by atoms with Gasteiger partial charge >= 0.3 is 0 Å². The van der Waals surface area contributed by atoms with Crippen LogP contribution < -0.4 is 11.5 Å². The number of nitrogens with zero attached hydrogens (tertiary/aromatic N) is 2. The van der Waals surface area contributed by atoms with Crippen molar-refractivity contribution in [3.05, 3.63) is 60.6 Å². The molecule has 1 saturated carbocycles. The summed E-state index contributed by atoms with van der Waals surface area (Å²) in [5.74, 6) is 0.711. The number of benzene rings is 2. The molecule has 122 valence electrons. The molecule has 0 bridgehead atoms. The topological polar surface area (TPSA) is 77.8 Å². The second-order valence-electron chi connectivity index (χ2n) is 6.84. The second kappa shape index (κ2) is 5.96. The van der Waals surface area contributed by atoms with Crippen LogP contribution in [-0.2, 0) is 5.54 Å². The van der Waals surface area contributed by atoms with Gasteiger partial charge in [-0.2, -0.15) is 0 Å². The monoisotopic (exact) mass is 318 g/mol. The quantitative estimate of drug-likeness (QED) is 0.759. The highest BCUT2D eigenvalue weighted by Gasteiger charge is 2.35. The van der Waals surface area contributed by atoms with Crippen molar-refractivity contribution in [3.8, 4) is 11.3 Å². The lowest BCUT2D eigenvalue weighted by Gasteiger charge is -2.35. The Kier molecular flexibility index (Phi) is 3.79. The summed E-state index contributed by atoms with van der Waals surface area (Å²) >= 11 is 0. The van der Waals surface area contributed by atoms with Gasteiger partial charge in [-0.1, -0.05) is 36.4 Å². The molecule has 4 rings (SSSR count). The van der Waals surface area contributed by atoms with Crippen molar-refractivity contribution in [1.29, 1.82) is 0 Å². The van der Waals surface area contributed by atoms with E-state index in [1.807, 2.05) is 12.3 Å². The van der Waals surface area contributed by atoms with Gasteiger partial charge in [-0.05, 0) is 48.6 Å². The van der Waals surface area contributed by atoms with Crippen molar-refractivity contribution in [2.45, 2.75) is 37.3 Å². The zero-order valence-electron chi connectivity index (χ0n) is 13.7. The molecule has 0 spiro atoms. The minimum absolute atomic E-state index is 0.136. The molecule has 0 saturated heterocycles. The Morgan fingerprint density at radius 2 is 1.88 bits per heavy atom. The lowest BCUT2D eigenvalue weighted by molar-refractivity contribution is 0.260. The van der Waals surface area contributed by atoms with Crippen LogP contribution in [0.2, 0.25) is 0 Å². The predicted octanol–water partition coefficient (Wildman–Crippen LogP) is 3.35. The van der Waals surface area contributed by atoms with Gasteiger partial charge in [-0.15, -0.1) is 0 Å². The first-order valence-electron chi connectivity index (χ1n) is 8.51. The molecule has 3 aromatic rings. The van der Waals surface area contributed by atoms with E-state index in [0.717, 1.165) is 36.9 Å². The van der Waals surface area contributed by atoms with Crippen LogP contribution in [0.1, 0.15) is 31.5 Å². The third kappa shape index (κ3) is 2.79. The Bertz CT molecular complexity index is 876. The van der Waals surface area contributed by atoms with Crippen molar-refractivity contribution in [2.24, 2.45) is 11.5 Å². The number of hydrogen-bond donors (Lipinski definition) is 2. The molecule has 2 atom stereocenters. The summed E-state index contributed by atoms with van der Waals surface area (Å²) < 4.78 is 0. The summed E-state index contributed by atoms with van der Waals surface area (Å²) in [6, 6.07) is 16.8. The molecular weight excluding hydrogens is 296 g/mol. The van der Waals surface area contributed by atoms with E-state index in [1.54, 1.807) is 0 Å². The van der Waals surface area contributed by atoms with E-state index in [-0.39, 0.29) is 6.04 Å². The highest BCUT2D eigenvalue weighted by atomic mass is 15.0. The average molecular weight is 318 g/mol. The molecule has 0 radical (unpaired) electrons. The molecule has 2 aromatic carbocycles. The molecule has 1 aliphatic carbocycles. The van der Waals surface area contributed by atoms with Crippen LogP contribution in [0, 0.1) is 0 Å². The van der Waals surface area contributed by atoms with Gasteiger partial charge in [-0.3, -0.25) is 0 Å². The molecule has 1 aromatic heterocycles. The van der Waals surface area contributed by atoms with E-state index in [0.29, 0.717) is 5.82 Å². The van der Waals surface area contributed by atoms with Crippen LogP contribution in [0.4, 0.5) is 0 Å². The van der Waals surface area contributed by atoms with Gasteiger partial charge < -0.3 is 11.5 Å². The number of aromatic nitrogens is 2. The van der Waals surface area contributed by atoms with Gasteiger partial charge in [0.05, 0.1) is 11.2 Å². The van der Waals surface area contributed by atoms with E-state index in [1.165, 1.54) is 10.8 Å². The first kappa shape index (κ1) is 15.2. The van der Waals surface area contributed by atoms with Gasteiger partial charge in [0.1, 0.15) is 5.82 Å². The Labute approximate surface area is 141 Å². The van der Waals surface area contributed by atoms with Gasteiger partial charge in [0, 0.05) is 17.8 Å². The number of hydrogen-bond acceptors (Lipinski definition) is 4. The van der Waals surface area contributed by atoms with Gasteiger partial charge in [0.25, 0.3) is 0 Å². The molecule has 2 unspecified atom stereocenters. The predicted molar refractivity (Wildman–Crippen MR) is 97.3 cm³/mol. The van der Waals surface area contributed by atoms with Crippen LogP contribution >= 0.6 is 0 Å². The molecule has 1 heterocycles. The van der Waals surface area contributed by atoms with E-state index in [9.17, 15) is 0 Å². The fourth-order valence-corrected chi connectivity index (χ4v) is 3.66. The first-order valence-corrected chi connectivity index (χ1v) is 8.51. The minimum Gasteiger partial charge on any atom is -0.328 e. The molecule has 0 amide bonds. The van der Waals surface area contributed by atoms with Crippen molar-refractivity contribution in [1.82, 2.24) is 9.97 Å². The Hall–Kier alpha value is -2.30. The number of rotatable bonds is 2. The van der Waals surface area contributed by atoms with Crippen LogP contribution in [0.25, 0.3) is 22.0 Å². The second-order valence-corrected chi connectivity index (χ2v) is 6.84. The third-order valence-corrected chi connectivity index (χ3v) is 4.97. The minimum atomic E-state index is -0.509. The van der Waals surface area contributed by atoms with Crippen molar-refractivity contribution in [3.63, 3.8) is 0 Å². The van der Waals surface area contributed by atoms with Crippen molar-refractivity contribution in [2.75, 3.05) is 0 Å². The molecule has 24 heavy (non-hydrogen) atoms. The zero-order valence-corrected chi connectivity index (χ0v) is 13.7. The molecule has 1 fully saturated rings. The van der Waals surface area contributed by atoms with Gasteiger partial charge in [0.15, 0.2) is 0 Å². The maximum Gasteiger partial charge on any atom is 0.148 e. The SMILES string of the molecule is NC1CCCC(N)(c2nccc(-c3ccc4ccccc4c3)n2)C1. The fraction of sp³-hybridized carbons (Fsp3) is 0.300. The standard InChI is InChI=1S/C20H22N4/c21-17-6-3-10-20(22,13-17)19-23-11-9-18(24-19)16-8-7-14-4-1-2-5-15(14)12-16/h1-2,4-5,7-9,11-12,17H,3,6,10,13,21-22H2. The summed E-state index contributed by atoms with van der Waals surface area (Å²) in [4.78, 5) is 9.25. The summed E-state index contributed by atoms with van der Waals surface area (Å²) in [5, 5.41) is 2.43. The first-order chi connectivity index (χ1) is 11.6. The Balaban J connectivity index is 1.73. The largest absolute Gasteiger partial charge is 0.328 e. The van der Waals surface area contributed by atoms with E-state index >= 15 is 0 Å². The Morgan fingerprint density at radius 3 is 2.71 bits per heavy atom. The highest BCUT2D eigenvalue weighted by molar-refractivity contribution is 5.86. The molecule has 4 N–H and O–H groups in total. The molecule has 4 nitrogen and oxygen atoms in total. The van der Waals surface area contributed by atoms with Crippen molar-refractivity contribution < 1.29 is 0 Å². The lowest BCUT2D eigenvalue weighted by atomic mass is 9.79. The van der Waals surface area contributed by atoms with Crippen LogP contribution in [0.5, 0.6) is 0 Å². The lowest BCUT2D eigenvalue weighted by Crippen LogP contribution is -2.46. The Morgan fingerprint density at radius 1 is 1.04 bits per heavy atom. The summed E-state index contributed by atoms with van der Waals surface area (Å²) in [5.41, 5.74) is 14.2. The molecule has 0 aliphatic heterocycles. The average Bonchev–Trinajstić information content (AvgIpc) is 2.61. The van der Waals surface area contributed by atoms with Crippen LogP contribution in [-0.4, -0.2) is 16.0 Å². The maximum atomic E-state index is 6.60. The van der Waals surface area contributed by atoms with Crippen LogP contribution in [0.15, 0.2) is 54.7 Å². The van der Waals surface area contributed by atoms with E-state index in [4.69, 9.17) is 16.5 Å².